The van der Waals surface area contributed by atoms with Crippen LogP contribution >= 0.6 is 0 Å². The van der Waals surface area contributed by atoms with E-state index in [-0.39, 0.29) is 0 Å². The molecule has 100 valence electrons. The number of hydrogen-bond acceptors (Lipinski definition) is 1. The van der Waals surface area contributed by atoms with Gasteiger partial charge in [-0.25, -0.2) is 0 Å². The number of hydrogen-bond donors (Lipinski definition) is 1. The van der Waals surface area contributed by atoms with Crippen molar-refractivity contribution in [3.8, 4) is 0 Å². The zero-order valence-electron chi connectivity index (χ0n) is 11.9. The Morgan fingerprint density at radius 1 is 1.11 bits per heavy atom. The Labute approximate surface area is 117 Å². The van der Waals surface area contributed by atoms with Crippen molar-refractivity contribution in [1.29, 1.82) is 0 Å². The lowest BCUT2D eigenvalue weighted by Crippen LogP contribution is -2.30. The van der Waals surface area contributed by atoms with Crippen LogP contribution in [0.4, 0.5) is 5.69 Å². The van der Waals surface area contributed by atoms with E-state index in [4.69, 9.17) is 0 Å². The molecule has 0 fully saturated rings. The van der Waals surface area contributed by atoms with Crippen molar-refractivity contribution in [2.45, 2.75) is 37.9 Å². The van der Waals surface area contributed by atoms with Gasteiger partial charge in [-0.05, 0) is 34.4 Å². The summed E-state index contributed by atoms with van der Waals surface area (Å²) >= 11 is 0. The van der Waals surface area contributed by atoms with Gasteiger partial charge < -0.3 is 5.32 Å². The van der Waals surface area contributed by atoms with E-state index < -0.39 is 8.80 Å². The highest BCUT2D eigenvalue weighted by Gasteiger charge is 2.25. The second kappa shape index (κ2) is 5.38. The fourth-order valence-electron chi connectivity index (χ4n) is 3.59. The smallest absolute Gasteiger partial charge is 0.0419 e. The van der Waals surface area contributed by atoms with Crippen molar-refractivity contribution in [3.63, 3.8) is 0 Å². The van der Waals surface area contributed by atoms with Gasteiger partial charge in [0.2, 0.25) is 0 Å². The summed E-state index contributed by atoms with van der Waals surface area (Å²) in [5, 5.41) is 6.53. The van der Waals surface area contributed by atoms with Crippen LogP contribution in [0.3, 0.4) is 0 Å². The second-order valence-corrected chi connectivity index (χ2v) is 9.83. The molecule has 19 heavy (non-hydrogen) atoms. The molecule has 1 aliphatic heterocycles. The van der Waals surface area contributed by atoms with Crippen LogP contribution in [0.25, 0.3) is 10.8 Å². The lowest BCUT2D eigenvalue weighted by atomic mass is 9.96. The molecule has 2 heteroatoms. The molecule has 1 unspecified atom stereocenters. The van der Waals surface area contributed by atoms with E-state index in [9.17, 15) is 0 Å². The highest BCUT2D eigenvalue weighted by atomic mass is 28.3. The van der Waals surface area contributed by atoms with Gasteiger partial charge in [0.15, 0.2) is 0 Å². The first-order chi connectivity index (χ1) is 9.33. The van der Waals surface area contributed by atoms with E-state index in [2.05, 4.69) is 55.6 Å². The van der Waals surface area contributed by atoms with Crippen LogP contribution in [0, 0.1) is 0 Å². The maximum atomic E-state index is 3.69. The summed E-state index contributed by atoms with van der Waals surface area (Å²) in [6, 6.07) is 16.2. The molecule has 1 N–H and O–H groups in total. The Balaban J connectivity index is 2.00. The van der Waals surface area contributed by atoms with Gasteiger partial charge in [0.1, 0.15) is 0 Å². The summed E-state index contributed by atoms with van der Waals surface area (Å²) in [5.74, 6) is 0. The van der Waals surface area contributed by atoms with Gasteiger partial charge in [0, 0.05) is 21.0 Å². The van der Waals surface area contributed by atoms with Gasteiger partial charge in [-0.2, -0.15) is 0 Å². The molecule has 0 saturated heterocycles. The maximum Gasteiger partial charge on any atom is 0.0419 e. The Morgan fingerprint density at radius 2 is 1.89 bits per heavy atom. The molecule has 2 aromatic carbocycles. The third-order valence-electron chi connectivity index (χ3n) is 4.78. The van der Waals surface area contributed by atoms with Gasteiger partial charge in [0.25, 0.3) is 0 Å². The minimum absolute atomic E-state index is 0.575. The molecule has 1 heterocycles. The second-order valence-electron chi connectivity index (χ2n) is 5.73. The molecule has 0 saturated carbocycles. The molecule has 0 bridgehead atoms. The van der Waals surface area contributed by atoms with Crippen molar-refractivity contribution in [1.82, 2.24) is 0 Å². The predicted molar refractivity (Wildman–Crippen MR) is 88.0 cm³/mol. The zero-order valence-corrected chi connectivity index (χ0v) is 13.1. The molecule has 1 atom stereocenters. The van der Waals surface area contributed by atoms with Crippen LogP contribution in [0.15, 0.2) is 36.4 Å². The highest BCUT2D eigenvalue weighted by molar-refractivity contribution is 6.60. The van der Waals surface area contributed by atoms with E-state index in [0.29, 0.717) is 0 Å². The number of benzene rings is 2. The van der Waals surface area contributed by atoms with E-state index in [0.717, 1.165) is 5.54 Å². The fourth-order valence-corrected chi connectivity index (χ4v) is 6.52. The molecular weight excluding hydrogens is 246 g/mol. The largest absolute Gasteiger partial charge is 0.385 e. The van der Waals surface area contributed by atoms with Gasteiger partial charge in [-0.1, -0.05) is 56.3 Å². The SMILES string of the molecule is CC[SiH](CC)C1CNc2ccc3ccccc3c2C1. The quantitative estimate of drug-likeness (QED) is 0.812. The topological polar surface area (TPSA) is 12.0 Å². The van der Waals surface area contributed by atoms with Crippen LogP contribution in [-0.4, -0.2) is 15.3 Å². The molecule has 0 aromatic heterocycles. The molecule has 0 aliphatic carbocycles. The lowest BCUT2D eigenvalue weighted by Gasteiger charge is -2.31. The van der Waals surface area contributed by atoms with Gasteiger partial charge in [-0.15, -0.1) is 0 Å². The Morgan fingerprint density at radius 3 is 2.68 bits per heavy atom. The van der Waals surface area contributed by atoms with Crippen LogP contribution in [-0.2, 0) is 6.42 Å². The number of fused-ring (bicyclic) bond motifs is 3. The molecule has 2 aromatic rings. The van der Waals surface area contributed by atoms with Crippen LogP contribution < -0.4 is 5.32 Å². The van der Waals surface area contributed by atoms with E-state index >= 15 is 0 Å². The van der Waals surface area contributed by atoms with Crippen molar-refractivity contribution in [3.05, 3.63) is 42.0 Å². The summed E-state index contributed by atoms with van der Waals surface area (Å²) < 4.78 is 0. The average Bonchev–Trinajstić information content (AvgIpc) is 2.48. The number of rotatable bonds is 3. The maximum absolute atomic E-state index is 3.69. The molecule has 1 nitrogen and oxygen atoms in total. The predicted octanol–water partition coefficient (Wildman–Crippen LogP) is 4.44. The van der Waals surface area contributed by atoms with Crippen molar-refractivity contribution in [2.75, 3.05) is 11.9 Å². The summed E-state index contributed by atoms with van der Waals surface area (Å²) in [6.07, 6.45) is 1.29. The Hall–Kier alpha value is -1.28. The number of nitrogens with one attached hydrogen (secondary N) is 1. The average molecular weight is 269 g/mol. The monoisotopic (exact) mass is 269 g/mol. The molecule has 0 spiro atoms. The lowest BCUT2D eigenvalue weighted by molar-refractivity contribution is 0.801. The summed E-state index contributed by atoms with van der Waals surface area (Å²) in [7, 11) is -0.575. The Bertz CT molecular complexity index is 574. The van der Waals surface area contributed by atoms with Crippen molar-refractivity contribution < 1.29 is 0 Å². The third-order valence-corrected chi connectivity index (χ3v) is 8.68. The molecule has 0 amide bonds. The summed E-state index contributed by atoms with van der Waals surface area (Å²) in [5.41, 5.74) is 3.86. The standard InChI is InChI=1S/C17H23NSi/c1-3-19(4-2)14-11-16-15-8-6-5-7-13(15)9-10-17(16)18-12-14/h5-10,14,18-19H,3-4,11-12H2,1-2H3. The van der Waals surface area contributed by atoms with E-state index in [1.165, 1.54) is 41.5 Å². The molecule has 1 aliphatic rings. The van der Waals surface area contributed by atoms with Crippen LogP contribution in [0.1, 0.15) is 19.4 Å². The van der Waals surface area contributed by atoms with Crippen molar-refractivity contribution in [2.24, 2.45) is 0 Å². The van der Waals surface area contributed by atoms with E-state index in [1.807, 2.05) is 0 Å². The minimum Gasteiger partial charge on any atom is -0.385 e. The highest BCUT2D eigenvalue weighted by Crippen LogP contribution is 2.35. The van der Waals surface area contributed by atoms with Gasteiger partial charge >= 0.3 is 0 Å². The normalized spacial score (nSPS) is 18.4. The first-order valence-corrected chi connectivity index (χ1v) is 9.88. The molecular formula is C17H23NSi. The summed E-state index contributed by atoms with van der Waals surface area (Å²) in [6.45, 7) is 5.97. The van der Waals surface area contributed by atoms with Gasteiger partial charge in [-0.3, -0.25) is 0 Å². The zero-order chi connectivity index (χ0) is 13.2. The first kappa shape index (κ1) is 12.7. The first-order valence-electron chi connectivity index (χ1n) is 7.58. The molecule has 0 radical (unpaired) electrons. The van der Waals surface area contributed by atoms with Gasteiger partial charge in [0.05, 0.1) is 0 Å². The minimum atomic E-state index is -0.575. The molecule has 3 rings (SSSR count). The van der Waals surface area contributed by atoms with Crippen LogP contribution in [0.2, 0.25) is 17.6 Å². The fraction of sp³-hybridized carbons (Fsp3) is 0.412. The van der Waals surface area contributed by atoms with Crippen molar-refractivity contribution >= 4 is 25.3 Å². The third kappa shape index (κ3) is 2.30. The van der Waals surface area contributed by atoms with Crippen LogP contribution in [0.5, 0.6) is 0 Å². The Kier molecular flexibility index (Phi) is 3.60. The summed E-state index contributed by atoms with van der Waals surface area (Å²) in [4.78, 5) is 0. The number of anilines is 1. The van der Waals surface area contributed by atoms with E-state index in [1.54, 1.807) is 5.56 Å².